The van der Waals surface area contributed by atoms with Crippen LogP contribution in [-0.2, 0) is 22.4 Å². The van der Waals surface area contributed by atoms with Gasteiger partial charge in [-0.1, -0.05) is 36.5 Å². The van der Waals surface area contributed by atoms with E-state index in [4.69, 9.17) is 49.8 Å². The van der Waals surface area contributed by atoms with Crippen LogP contribution in [0.3, 0.4) is 0 Å². The molecule has 204 valence electrons. The molecule has 1 aromatic carbocycles. The summed E-state index contributed by atoms with van der Waals surface area (Å²) in [6.45, 7) is 1.23. The van der Waals surface area contributed by atoms with Crippen LogP contribution in [0, 0.1) is 5.92 Å². The van der Waals surface area contributed by atoms with Gasteiger partial charge in [0.15, 0.2) is 0 Å². The van der Waals surface area contributed by atoms with E-state index in [-0.39, 0.29) is 31.6 Å². The Morgan fingerprint density at radius 1 is 1.16 bits per heavy atom. The summed E-state index contributed by atoms with van der Waals surface area (Å²) in [6, 6.07) is 4.80. The van der Waals surface area contributed by atoms with Crippen LogP contribution in [0.2, 0.25) is 10.0 Å². The topological polar surface area (TPSA) is 95.9 Å². The summed E-state index contributed by atoms with van der Waals surface area (Å²) < 4.78 is 5.35. The van der Waals surface area contributed by atoms with Crippen LogP contribution in [0.15, 0.2) is 18.2 Å². The zero-order chi connectivity index (χ0) is 26.9. The molecule has 0 saturated heterocycles. The van der Waals surface area contributed by atoms with Crippen molar-refractivity contribution in [3.05, 3.63) is 43.6 Å². The number of thiophene rings is 1. The first kappa shape index (κ1) is 30.2. The Kier molecular flexibility index (Phi) is 12.0. The van der Waals surface area contributed by atoms with Gasteiger partial charge in [0.2, 0.25) is 5.91 Å². The summed E-state index contributed by atoms with van der Waals surface area (Å²) in [5.74, 6) is -0.341. The minimum Gasteiger partial charge on any atom is -0.461 e. The van der Waals surface area contributed by atoms with Gasteiger partial charge in [-0.2, -0.15) is 0 Å². The van der Waals surface area contributed by atoms with E-state index in [0.717, 1.165) is 66.5 Å². The molecular weight excluding hydrogens is 557 g/mol. The number of carbonyl (C=O) groups is 2. The summed E-state index contributed by atoms with van der Waals surface area (Å²) >= 11 is 20.8. The summed E-state index contributed by atoms with van der Waals surface area (Å²) in [5.41, 5.74) is 2.89. The van der Waals surface area contributed by atoms with Crippen LogP contribution in [0.5, 0.6) is 0 Å². The van der Waals surface area contributed by atoms with Crippen LogP contribution in [-0.4, -0.2) is 53.3 Å². The van der Waals surface area contributed by atoms with Crippen LogP contribution >= 0.6 is 46.1 Å². The molecule has 3 rings (SSSR count). The molecule has 1 aromatic heterocycles. The van der Waals surface area contributed by atoms with Gasteiger partial charge in [0.1, 0.15) is 11.5 Å². The van der Waals surface area contributed by atoms with Gasteiger partial charge in [0, 0.05) is 20.8 Å². The van der Waals surface area contributed by atoms with Crippen molar-refractivity contribution in [3.8, 4) is 11.1 Å². The molecule has 2 unspecified atom stereocenters. The fourth-order valence-electron chi connectivity index (χ4n) is 4.67. The Balaban J connectivity index is 1.76. The molecule has 10 heteroatoms. The first-order valence-electron chi connectivity index (χ1n) is 12.7. The van der Waals surface area contributed by atoms with Crippen LogP contribution < -0.4 is 5.32 Å². The minimum atomic E-state index is -0.733. The predicted molar refractivity (Wildman–Crippen MR) is 150 cm³/mol. The standard InChI is InChI=1S/C27H34Cl3NO5S/c1-2-3-23-21(13-24(37-23)27(35)36-9-8-25(34)31-20(14-32)15-33)26-17(11-19(29)12-22(26)30)6-4-16-5-7-18(28)10-16/h11-13,16,18,20,32-33H,2-10,14-15H2,1H3,(H,31,34). The van der Waals surface area contributed by atoms with Gasteiger partial charge < -0.3 is 20.3 Å². The zero-order valence-electron chi connectivity index (χ0n) is 20.9. The summed E-state index contributed by atoms with van der Waals surface area (Å²) in [4.78, 5) is 26.3. The third-order valence-electron chi connectivity index (χ3n) is 6.56. The van der Waals surface area contributed by atoms with E-state index in [0.29, 0.717) is 20.8 Å². The predicted octanol–water partition coefficient (Wildman–Crippen LogP) is 6.03. The number of nitrogens with one attached hydrogen (secondary N) is 1. The minimum absolute atomic E-state index is 0.0697. The third kappa shape index (κ3) is 8.57. The van der Waals surface area contributed by atoms with Crippen molar-refractivity contribution < 1.29 is 24.5 Å². The van der Waals surface area contributed by atoms with Crippen LogP contribution in [0.1, 0.15) is 65.6 Å². The van der Waals surface area contributed by atoms with Gasteiger partial charge in [-0.3, -0.25) is 4.79 Å². The van der Waals surface area contributed by atoms with Crippen molar-refractivity contribution in [2.45, 2.75) is 69.7 Å². The molecule has 1 fully saturated rings. The highest BCUT2D eigenvalue weighted by Gasteiger charge is 2.25. The number of carbonyl (C=O) groups excluding carboxylic acids is 2. The molecular formula is C27H34Cl3NO5S. The molecule has 1 amide bonds. The van der Waals surface area contributed by atoms with Crippen molar-refractivity contribution in [2.75, 3.05) is 19.8 Å². The number of benzene rings is 1. The molecule has 37 heavy (non-hydrogen) atoms. The van der Waals surface area contributed by atoms with Crippen molar-refractivity contribution in [2.24, 2.45) is 5.92 Å². The van der Waals surface area contributed by atoms with E-state index < -0.39 is 17.9 Å². The summed E-state index contributed by atoms with van der Waals surface area (Å²) in [7, 11) is 0. The highest BCUT2D eigenvalue weighted by atomic mass is 35.5. The van der Waals surface area contributed by atoms with Crippen molar-refractivity contribution >= 4 is 58.0 Å². The normalized spacial score (nSPS) is 17.4. The lowest BCUT2D eigenvalue weighted by atomic mass is 9.92. The van der Waals surface area contributed by atoms with Gasteiger partial charge in [0.05, 0.1) is 30.7 Å². The fraction of sp³-hybridized carbons (Fsp3) is 0.556. The van der Waals surface area contributed by atoms with E-state index in [1.165, 1.54) is 11.3 Å². The molecule has 0 aliphatic heterocycles. The molecule has 0 spiro atoms. The smallest absolute Gasteiger partial charge is 0.348 e. The average molecular weight is 591 g/mol. The lowest BCUT2D eigenvalue weighted by Crippen LogP contribution is -2.40. The maximum absolute atomic E-state index is 12.8. The van der Waals surface area contributed by atoms with Crippen molar-refractivity contribution in [3.63, 3.8) is 0 Å². The highest BCUT2D eigenvalue weighted by molar-refractivity contribution is 7.14. The first-order chi connectivity index (χ1) is 17.7. The molecule has 1 aliphatic carbocycles. The van der Waals surface area contributed by atoms with E-state index in [1.54, 1.807) is 6.07 Å². The number of aliphatic hydroxyl groups is 2. The Morgan fingerprint density at radius 2 is 1.92 bits per heavy atom. The maximum Gasteiger partial charge on any atom is 0.348 e. The largest absolute Gasteiger partial charge is 0.461 e. The monoisotopic (exact) mass is 589 g/mol. The number of hydrogen-bond donors (Lipinski definition) is 3. The van der Waals surface area contributed by atoms with E-state index in [9.17, 15) is 9.59 Å². The summed E-state index contributed by atoms with van der Waals surface area (Å²) in [6.07, 6.45) is 6.66. The molecule has 1 saturated carbocycles. The molecule has 0 bridgehead atoms. The Morgan fingerprint density at radius 3 is 2.57 bits per heavy atom. The van der Waals surface area contributed by atoms with Crippen molar-refractivity contribution in [1.29, 1.82) is 0 Å². The van der Waals surface area contributed by atoms with Crippen LogP contribution in [0.4, 0.5) is 0 Å². The number of hydrogen-bond acceptors (Lipinski definition) is 6. The van der Waals surface area contributed by atoms with Gasteiger partial charge in [-0.05, 0) is 73.8 Å². The van der Waals surface area contributed by atoms with Gasteiger partial charge in [-0.15, -0.1) is 22.9 Å². The Bertz CT molecular complexity index is 1070. The summed E-state index contributed by atoms with van der Waals surface area (Å²) in [5, 5.41) is 22.0. The van der Waals surface area contributed by atoms with Gasteiger partial charge in [0.25, 0.3) is 0 Å². The molecule has 2 atom stereocenters. The quantitative estimate of drug-likeness (QED) is 0.196. The number of aryl methyl sites for hydroxylation is 2. The number of esters is 1. The average Bonchev–Trinajstić information content (AvgIpc) is 3.47. The highest BCUT2D eigenvalue weighted by Crippen LogP contribution is 2.42. The molecule has 1 heterocycles. The second-order valence-electron chi connectivity index (χ2n) is 9.45. The number of amides is 1. The lowest BCUT2D eigenvalue weighted by molar-refractivity contribution is -0.123. The molecule has 1 aliphatic rings. The fourth-order valence-corrected chi connectivity index (χ4v) is 6.85. The van der Waals surface area contributed by atoms with Gasteiger partial charge >= 0.3 is 5.97 Å². The SMILES string of the molecule is CCCc1sc(C(=O)OCCC(=O)NC(CO)CO)cc1-c1c(Cl)cc(Cl)cc1CCC1CCC(Cl)C1. The number of halogens is 3. The number of rotatable bonds is 13. The maximum atomic E-state index is 12.8. The number of alkyl halides is 1. The van der Waals surface area contributed by atoms with Crippen molar-refractivity contribution in [1.82, 2.24) is 5.32 Å². The third-order valence-corrected chi connectivity index (χ3v) is 8.65. The van der Waals surface area contributed by atoms with E-state index in [2.05, 4.69) is 12.2 Å². The Hall–Kier alpha value is -1.35. The van der Waals surface area contributed by atoms with Crippen LogP contribution in [0.25, 0.3) is 11.1 Å². The number of ether oxygens (including phenoxy) is 1. The second kappa shape index (κ2) is 14.7. The number of aliphatic hydroxyl groups excluding tert-OH is 2. The molecule has 2 aromatic rings. The Labute approximate surface area is 237 Å². The zero-order valence-corrected chi connectivity index (χ0v) is 24.0. The molecule has 0 radical (unpaired) electrons. The second-order valence-corrected chi connectivity index (χ2v) is 12.0. The molecule has 3 N–H and O–H groups in total. The van der Waals surface area contributed by atoms with E-state index in [1.807, 2.05) is 12.1 Å². The van der Waals surface area contributed by atoms with Gasteiger partial charge in [-0.25, -0.2) is 4.79 Å². The first-order valence-corrected chi connectivity index (χ1v) is 14.7. The lowest BCUT2D eigenvalue weighted by Gasteiger charge is -2.15. The van der Waals surface area contributed by atoms with E-state index >= 15 is 0 Å². The molecule has 6 nitrogen and oxygen atoms in total.